The molecule has 0 unspecified atom stereocenters. The number of nitrogens with one attached hydrogen (secondary N) is 4. The topological polar surface area (TPSA) is 193 Å². The molecule has 4 amide bonds. The van der Waals surface area contributed by atoms with E-state index in [0.29, 0.717) is 43.4 Å². The number of fused-ring (bicyclic) bond motifs is 3. The lowest BCUT2D eigenvalue weighted by atomic mass is 9.99. The van der Waals surface area contributed by atoms with Crippen molar-refractivity contribution in [2.24, 2.45) is 5.92 Å². The summed E-state index contributed by atoms with van der Waals surface area (Å²) in [7, 11) is 2.55. The molecule has 5 heterocycles. The maximum absolute atomic E-state index is 14.1. The fourth-order valence-electron chi connectivity index (χ4n) is 9.15. The molecule has 16 nitrogen and oxygen atoms in total. The molecule has 3 fully saturated rings. The Balaban J connectivity index is 0.931. The number of hydrogen-bond donors (Lipinski definition) is 4. The highest BCUT2D eigenvalue weighted by atomic mass is 16.7. The molecule has 326 valence electrons. The minimum absolute atomic E-state index is 0.197. The number of aromatic nitrogens is 4. The first-order valence-electron chi connectivity index (χ1n) is 21.3. The van der Waals surface area contributed by atoms with E-state index in [-0.39, 0.29) is 30.3 Å². The number of benzene rings is 4. The van der Waals surface area contributed by atoms with E-state index in [2.05, 4.69) is 57.0 Å². The van der Waals surface area contributed by atoms with Gasteiger partial charge in [-0.2, -0.15) is 0 Å². The van der Waals surface area contributed by atoms with Crippen molar-refractivity contribution >= 4 is 45.8 Å². The van der Waals surface area contributed by atoms with Gasteiger partial charge in [-0.1, -0.05) is 86.6 Å². The Kier molecular flexibility index (Phi) is 11.3. The normalized spacial score (nSPS) is 19.2. The van der Waals surface area contributed by atoms with Gasteiger partial charge in [0, 0.05) is 18.4 Å². The highest BCUT2D eigenvalue weighted by Crippen LogP contribution is 2.43. The lowest BCUT2D eigenvalue weighted by Crippen LogP contribution is -2.52. The van der Waals surface area contributed by atoms with E-state index in [1.165, 1.54) is 14.2 Å². The molecule has 4 aromatic carbocycles. The highest BCUT2D eigenvalue weighted by Gasteiger charge is 2.53. The Hall–Kier alpha value is -6.78. The quantitative estimate of drug-likeness (QED) is 0.112. The van der Waals surface area contributed by atoms with E-state index in [9.17, 15) is 19.2 Å². The number of rotatable bonds is 10. The average molecular weight is 855 g/mol. The minimum Gasteiger partial charge on any atom is -0.453 e. The number of amides is 4. The van der Waals surface area contributed by atoms with E-state index in [1.807, 2.05) is 62.4 Å². The zero-order valence-corrected chi connectivity index (χ0v) is 35.6. The van der Waals surface area contributed by atoms with Crippen LogP contribution < -0.4 is 10.6 Å². The first-order valence-corrected chi connectivity index (χ1v) is 21.3. The van der Waals surface area contributed by atoms with Crippen molar-refractivity contribution in [1.82, 2.24) is 40.4 Å². The van der Waals surface area contributed by atoms with Crippen LogP contribution in [0, 0.1) is 5.92 Å². The molecule has 0 aliphatic carbocycles. The van der Waals surface area contributed by atoms with Crippen LogP contribution in [-0.2, 0) is 28.5 Å². The summed E-state index contributed by atoms with van der Waals surface area (Å²) in [5, 5.41) is 7.47. The summed E-state index contributed by atoms with van der Waals surface area (Å²) in [5.41, 5.74) is 6.16. The smallest absolute Gasteiger partial charge is 0.407 e. The number of alkyl carbamates (subject to hydrolysis) is 2. The van der Waals surface area contributed by atoms with Gasteiger partial charge in [-0.25, -0.2) is 19.6 Å². The summed E-state index contributed by atoms with van der Waals surface area (Å²) >= 11 is 0. The second kappa shape index (κ2) is 17.2. The van der Waals surface area contributed by atoms with E-state index >= 15 is 0 Å². The molecule has 1 spiro atoms. The van der Waals surface area contributed by atoms with Crippen molar-refractivity contribution in [3.8, 4) is 22.4 Å². The lowest BCUT2D eigenvalue weighted by molar-refractivity contribution is -0.153. The summed E-state index contributed by atoms with van der Waals surface area (Å²) < 4.78 is 21.7. The molecule has 0 radical (unpaired) electrons. The maximum atomic E-state index is 14.1. The Bertz CT molecular complexity index is 2660. The van der Waals surface area contributed by atoms with Crippen molar-refractivity contribution < 1.29 is 38.1 Å². The average Bonchev–Trinajstić information content (AvgIpc) is 4.17. The van der Waals surface area contributed by atoms with Gasteiger partial charge in [-0.05, 0) is 58.5 Å². The number of aromatic amines is 2. The van der Waals surface area contributed by atoms with Gasteiger partial charge in [0.15, 0.2) is 5.79 Å². The molecule has 6 aromatic rings. The molecular weight excluding hydrogens is 805 g/mol. The number of imidazole rings is 2. The molecular formula is C47H50N8O8. The minimum atomic E-state index is -0.941. The van der Waals surface area contributed by atoms with Crippen LogP contribution in [0.2, 0.25) is 0 Å². The monoisotopic (exact) mass is 854 g/mol. The summed E-state index contributed by atoms with van der Waals surface area (Å²) in [5.74, 6) is -0.318. The van der Waals surface area contributed by atoms with Crippen molar-refractivity contribution in [3.63, 3.8) is 0 Å². The Labute approximate surface area is 363 Å². The molecule has 63 heavy (non-hydrogen) atoms. The van der Waals surface area contributed by atoms with E-state index in [1.54, 1.807) is 16.0 Å². The molecule has 3 aliphatic rings. The predicted octanol–water partition coefficient (Wildman–Crippen LogP) is 6.93. The fourth-order valence-corrected chi connectivity index (χ4v) is 9.15. The standard InChI is InChI=1S/C47H50N8O8/c1-27(2)38(52-45(58)60-3)43(56)55-26-47(62-21-22-63-47)24-37(55)41-48-25-35(50-41)29-14-12-28(13-15-29)31-16-18-33-32(23-31)17-19-34-40(33)51-42(49-34)36-11-8-20-54(36)44(57)39(53-46(59)61-4)30-9-6-5-7-10-30/h5-7,9-10,12-19,23,25,27,36-39H,8,11,20-22,24,26H2,1-4H3,(H,48,50)(H,49,51)(H,52,58)(H,53,59)/t36-,37-,38-,39+/m0/s1. The largest absolute Gasteiger partial charge is 0.453 e. The van der Waals surface area contributed by atoms with E-state index < -0.39 is 36.1 Å². The number of carbonyl (C=O) groups is 4. The summed E-state index contributed by atoms with van der Waals surface area (Å²) in [6.07, 6.45) is 2.35. The zero-order valence-electron chi connectivity index (χ0n) is 35.6. The number of carbonyl (C=O) groups excluding carboxylic acids is 4. The molecule has 2 aromatic heterocycles. The van der Waals surface area contributed by atoms with Gasteiger partial charge < -0.3 is 49.3 Å². The van der Waals surface area contributed by atoms with Crippen LogP contribution in [0.4, 0.5) is 9.59 Å². The van der Waals surface area contributed by atoms with E-state index in [4.69, 9.17) is 28.9 Å². The molecule has 4 atom stereocenters. The van der Waals surface area contributed by atoms with Crippen LogP contribution >= 0.6 is 0 Å². The van der Waals surface area contributed by atoms with Gasteiger partial charge in [0.1, 0.15) is 23.7 Å². The van der Waals surface area contributed by atoms with Gasteiger partial charge >= 0.3 is 12.2 Å². The number of ether oxygens (including phenoxy) is 4. The number of nitrogens with zero attached hydrogens (tertiary/aromatic N) is 4. The van der Waals surface area contributed by atoms with Crippen LogP contribution in [0.3, 0.4) is 0 Å². The third kappa shape index (κ3) is 8.07. The van der Waals surface area contributed by atoms with Crippen molar-refractivity contribution in [2.75, 3.05) is 40.5 Å². The van der Waals surface area contributed by atoms with Crippen molar-refractivity contribution in [3.05, 3.63) is 108 Å². The summed E-state index contributed by atoms with van der Waals surface area (Å²) in [6, 6.07) is 25.3. The van der Waals surface area contributed by atoms with Gasteiger partial charge in [-0.15, -0.1) is 0 Å². The van der Waals surface area contributed by atoms with Crippen LogP contribution in [0.15, 0.2) is 91.1 Å². The van der Waals surface area contributed by atoms with Gasteiger partial charge in [0.2, 0.25) is 5.91 Å². The van der Waals surface area contributed by atoms with Crippen LogP contribution in [0.1, 0.15) is 68.4 Å². The third-order valence-electron chi connectivity index (χ3n) is 12.4. The second-order valence-electron chi connectivity index (χ2n) is 16.6. The third-order valence-corrected chi connectivity index (χ3v) is 12.4. The number of methoxy groups -OCH3 is 2. The Morgan fingerprint density at radius 3 is 2.24 bits per heavy atom. The van der Waals surface area contributed by atoms with Crippen LogP contribution in [0.5, 0.6) is 0 Å². The Morgan fingerprint density at radius 2 is 1.51 bits per heavy atom. The van der Waals surface area contributed by atoms with Crippen LogP contribution in [0.25, 0.3) is 44.2 Å². The van der Waals surface area contributed by atoms with Gasteiger partial charge in [-0.3, -0.25) is 9.59 Å². The molecule has 9 rings (SSSR count). The van der Waals surface area contributed by atoms with Crippen molar-refractivity contribution in [2.45, 2.75) is 63.1 Å². The summed E-state index contributed by atoms with van der Waals surface area (Å²) in [4.78, 5) is 72.8. The van der Waals surface area contributed by atoms with E-state index in [0.717, 1.165) is 57.0 Å². The fraction of sp³-hybridized carbons (Fsp3) is 0.362. The molecule has 0 bridgehead atoms. The highest BCUT2D eigenvalue weighted by molar-refractivity contribution is 6.05. The molecule has 0 saturated carbocycles. The van der Waals surface area contributed by atoms with Crippen molar-refractivity contribution in [1.29, 1.82) is 0 Å². The first kappa shape index (κ1) is 41.6. The predicted molar refractivity (Wildman–Crippen MR) is 233 cm³/mol. The zero-order chi connectivity index (χ0) is 43.8. The Morgan fingerprint density at radius 1 is 0.794 bits per heavy atom. The molecule has 3 saturated heterocycles. The molecule has 4 N–H and O–H groups in total. The van der Waals surface area contributed by atoms with Gasteiger partial charge in [0.25, 0.3) is 5.91 Å². The summed E-state index contributed by atoms with van der Waals surface area (Å²) in [6.45, 7) is 5.36. The number of hydrogen-bond acceptors (Lipinski definition) is 10. The molecule has 3 aliphatic heterocycles. The number of H-pyrrole nitrogens is 2. The second-order valence-corrected chi connectivity index (χ2v) is 16.6. The lowest BCUT2D eigenvalue weighted by Gasteiger charge is -2.30. The van der Waals surface area contributed by atoms with Crippen LogP contribution in [-0.4, -0.2) is 106 Å². The number of likely N-dealkylation sites (tertiary alicyclic amines) is 2. The maximum Gasteiger partial charge on any atom is 0.407 e. The first-order chi connectivity index (χ1) is 30.5. The SMILES string of the molecule is COC(=O)N[C@H](C(=O)N1CC2(C[C@H]1c1ncc(-c3ccc(-c4ccc5c(ccc6nc([C@@H]7CCCN7C(=O)[C@H](NC(=O)OC)c7ccccc7)[nH]c65)c4)cc3)[nH]1)OCCO2)C(C)C. The van der Waals surface area contributed by atoms with Gasteiger partial charge in [0.05, 0.1) is 69.0 Å². The molecule has 16 heteroatoms.